The van der Waals surface area contributed by atoms with Crippen molar-refractivity contribution in [2.24, 2.45) is 0 Å². The fourth-order valence-corrected chi connectivity index (χ4v) is 2.14. The standard InChI is InChI=1S/C14H25N3O/c1-6-17(11(2)10-18-5)14-13(12(3)15-4)8-7-9-16-14/h7-9,11-12,15H,6,10H2,1-5H3. The fraction of sp³-hybridized carbons (Fsp3) is 0.643. The van der Waals surface area contributed by atoms with Gasteiger partial charge in [-0.3, -0.25) is 0 Å². The van der Waals surface area contributed by atoms with Crippen LogP contribution in [0.4, 0.5) is 5.82 Å². The number of nitrogens with zero attached hydrogens (tertiary/aromatic N) is 2. The van der Waals surface area contributed by atoms with Gasteiger partial charge in [-0.2, -0.15) is 0 Å². The van der Waals surface area contributed by atoms with E-state index in [-0.39, 0.29) is 6.04 Å². The third-order valence-electron chi connectivity index (χ3n) is 3.27. The van der Waals surface area contributed by atoms with E-state index in [9.17, 15) is 0 Å². The molecule has 2 atom stereocenters. The Hall–Kier alpha value is -1.13. The number of hydrogen-bond acceptors (Lipinski definition) is 4. The van der Waals surface area contributed by atoms with E-state index < -0.39 is 0 Å². The maximum Gasteiger partial charge on any atom is 0.133 e. The number of nitrogens with one attached hydrogen (secondary N) is 1. The van der Waals surface area contributed by atoms with E-state index >= 15 is 0 Å². The topological polar surface area (TPSA) is 37.4 Å². The third-order valence-corrected chi connectivity index (χ3v) is 3.27. The minimum atomic E-state index is 0.289. The summed E-state index contributed by atoms with van der Waals surface area (Å²) in [5.41, 5.74) is 1.23. The third kappa shape index (κ3) is 3.43. The number of anilines is 1. The summed E-state index contributed by atoms with van der Waals surface area (Å²) < 4.78 is 5.25. The summed E-state index contributed by atoms with van der Waals surface area (Å²) >= 11 is 0. The molecule has 0 aliphatic carbocycles. The second-order valence-electron chi connectivity index (χ2n) is 4.52. The Bertz CT molecular complexity index is 357. The number of aromatic nitrogens is 1. The summed E-state index contributed by atoms with van der Waals surface area (Å²) in [6.07, 6.45) is 1.85. The summed E-state index contributed by atoms with van der Waals surface area (Å²) in [6, 6.07) is 4.72. The number of ether oxygens (including phenoxy) is 1. The Morgan fingerprint density at radius 1 is 1.44 bits per heavy atom. The quantitative estimate of drug-likeness (QED) is 0.806. The van der Waals surface area contributed by atoms with Crippen LogP contribution < -0.4 is 10.2 Å². The molecule has 102 valence electrons. The molecule has 0 amide bonds. The normalized spacial score (nSPS) is 14.3. The predicted molar refractivity (Wildman–Crippen MR) is 76.1 cm³/mol. The van der Waals surface area contributed by atoms with Crippen molar-refractivity contribution < 1.29 is 4.74 Å². The highest BCUT2D eigenvalue weighted by Gasteiger charge is 2.19. The van der Waals surface area contributed by atoms with Crippen LogP contribution in [-0.4, -0.2) is 38.3 Å². The molecule has 0 bridgehead atoms. The molecule has 0 aliphatic heterocycles. The first kappa shape index (κ1) is 14.9. The molecule has 1 N–H and O–H groups in total. The first-order chi connectivity index (χ1) is 8.65. The summed E-state index contributed by atoms with van der Waals surface area (Å²) in [5, 5.41) is 3.27. The molecule has 1 aromatic rings. The molecule has 18 heavy (non-hydrogen) atoms. The molecule has 0 aliphatic rings. The largest absolute Gasteiger partial charge is 0.383 e. The van der Waals surface area contributed by atoms with Gasteiger partial charge >= 0.3 is 0 Å². The molecule has 0 spiro atoms. The Morgan fingerprint density at radius 2 is 2.17 bits per heavy atom. The first-order valence-corrected chi connectivity index (χ1v) is 6.53. The Kier molecular flexibility index (Phi) is 6.09. The average molecular weight is 251 g/mol. The Labute approximate surface area is 110 Å². The van der Waals surface area contributed by atoms with E-state index in [0.29, 0.717) is 12.6 Å². The maximum atomic E-state index is 5.25. The van der Waals surface area contributed by atoms with Gasteiger partial charge in [0.25, 0.3) is 0 Å². The molecule has 0 fully saturated rings. The van der Waals surface area contributed by atoms with E-state index in [1.165, 1.54) is 5.56 Å². The second-order valence-corrected chi connectivity index (χ2v) is 4.52. The predicted octanol–water partition coefficient (Wildman–Crippen LogP) is 2.22. The van der Waals surface area contributed by atoms with Crippen molar-refractivity contribution in [3.8, 4) is 0 Å². The molecular weight excluding hydrogens is 226 g/mol. The maximum absolute atomic E-state index is 5.25. The number of methoxy groups -OCH3 is 1. The Balaban J connectivity index is 3.05. The lowest BCUT2D eigenvalue weighted by Crippen LogP contribution is -2.38. The zero-order chi connectivity index (χ0) is 13.5. The van der Waals surface area contributed by atoms with Crippen LogP contribution in [0.1, 0.15) is 32.4 Å². The molecule has 1 rings (SSSR count). The molecule has 2 unspecified atom stereocenters. The molecule has 0 aromatic carbocycles. The summed E-state index contributed by atoms with van der Waals surface area (Å²) in [7, 11) is 3.70. The molecule has 4 heteroatoms. The van der Waals surface area contributed by atoms with Crippen LogP contribution in [0.15, 0.2) is 18.3 Å². The molecule has 0 saturated heterocycles. The van der Waals surface area contributed by atoms with Crippen molar-refractivity contribution in [3.05, 3.63) is 23.9 Å². The summed E-state index contributed by atoms with van der Waals surface area (Å²) in [5.74, 6) is 1.05. The van der Waals surface area contributed by atoms with Gasteiger partial charge in [0.2, 0.25) is 0 Å². The van der Waals surface area contributed by atoms with Crippen molar-refractivity contribution in [3.63, 3.8) is 0 Å². The van der Waals surface area contributed by atoms with E-state index in [0.717, 1.165) is 12.4 Å². The van der Waals surface area contributed by atoms with Crippen LogP contribution in [0.25, 0.3) is 0 Å². The van der Waals surface area contributed by atoms with Crippen LogP contribution in [0, 0.1) is 0 Å². The number of rotatable bonds is 7. The monoisotopic (exact) mass is 251 g/mol. The first-order valence-electron chi connectivity index (χ1n) is 6.53. The van der Waals surface area contributed by atoms with Crippen LogP contribution in [0.3, 0.4) is 0 Å². The lowest BCUT2D eigenvalue weighted by atomic mass is 10.1. The van der Waals surface area contributed by atoms with E-state index in [2.05, 4.69) is 42.0 Å². The zero-order valence-electron chi connectivity index (χ0n) is 12.1. The van der Waals surface area contributed by atoms with Gasteiger partial charge in [-0.15, -0.1) is 0 Å². The minimum absolute atomic E-state index is 0.289. The fourth-order valence-electron chi connectivity index (χ4n) is 2.14. The molecule has 0 saturated carbocycles. The zero-order valence-corrected chi connectivity index (χ0v) is 12.1. The minimum Gasteiger partial charge on any atom is -0.383 e. The van der Waals surface area contributed by atoms with Gasteiger partial charge in [0.05, 0.1) is 12.6 Å². The molecule has 4 nitrogen and oxygen atoms in total. The SMILES string of the molecule is CCN(c1ncccc1C(C)NC)C(C)COC. The Morgan fingerprint density at radius 3 is 2.72 bits per heavy atom. The van der Waals surface area contributed by atoms with Gasteiger partial charge in [0.15, 0.2) is 0 Å². The lowest BCUT2D eigenvalue weighted by Gasteiger charge is -2.31. The van der Waals surface area contributed by atoms with Crippen molar-refractivity contribution in [1.82, 2.24) is 10.3 Å². The van der Waals surface area contributed by atoms with Gasteiger partial charge in [-0.25, -0.2) is 4.98 Å². The highest BCUT2D eigenvalue weighted by molar-refractivity contribution is 5.49. The van der Waals surface area contributed by atoms with E-state index in [1.54, 1.807) is 7.11 Å². The second kappa shape index (κ2) is 7.34. The van der Waals surface area contributed by atoms with Gasteiger partial charge in [0.1, 0.15) is 5.82 Å². The lowest BCUT2D eigenvalue weighted by molar-refractivity contribution is 0.181. The smallest absolute Gasteiger partial charge is 0.133 e. The van der Waals surface area contributed by atoms with Crippen molar-refractivity contribution in [2.75, 3.05) is 32.2 Å². The van der Waals surface area contributed by atoms with E-state index in [1.807, 2.05) is 19.3 Å². The van der Waals surface area contributed by atoms with Crippen molar-refractivity contribution in [1.29, 1.82) is 0 Å². The summed E-state index contributed by atoms with van der Waals surface area (Å²) in [4.78, 5) is 6.84. The van der Waals surface area contributed by atoms with Crippen LogP contribution >= 0.6 is 0 Å². The molecule has 0 radical (unpaired) electrons. The molecule has 1 aromatic heterocycles. The van der Waals surface area contributed by atoms with Gasteiger partial charge < -0.3 is 15.0 Å². The van der Waals surface area contributed by atoms with Gasteiger partial charge in [-0.05, 0) is 33.9 Å². The van der Waals surface area contributed by atoms with Gasteiger partial charge in [-0.1, -0.05) is 6.07 Å². The van der Waals surface area contributed by atoms with Crippen LogP contribution in [-0.2, 0) is 4.74 Å². The number of pyridine rings is 1. The van der Waals surface area contributed by atoms with E-state index in [4.69, 9.17) is 4.74 Å². The number of hydrogen-bond donors (Lipinski definition) is 1. The molecule has 1 heterocycles. The van der Waals surface area contributed by atoms with Crippen molar-refractivity contribution >= 4 is 5.82 Å². The number of likely N-dealkylation sites (N-methyl/N-ethyl adjacent to an activating group) is 1. The van der Waals surface area contributed by atoms with Crippen LogP contribution in [0.5, 0.6) is 0 Å². The summed E-state index contributed by atoms with van der Waals surface area (Å²) in [6.45, 7) is 8.09. The van der Waals surface area contributed by atoms with Crippen molar-refractivity contribution in [2.45, 2.75) is 32.9 Å². The highest BCUT2D eigenvalue weighted by atomic mass is 16.5. The average Bonchev–Trinajstić information content (AvgIpc) is 2.39. The highest BCUT2D eigenvalue weighted by Crippen LogP contribution is 2.25. The van der Waals surface area contributed by atoms with Gasteiger partial charge in [0, 0.05) is 31.5 Å². The van der Waals surface area contributed by atoms with Crippen LogP contribution in [0.2, 0.25) is 0 Å². The molecular formula is C14H25N3O.